The van der Waals surface area contributed by atoms with Crippen molar-refractivity contribution in [2.24, 2.45) is 0 Å². The number of aryl methyl sites for hydroxylation is 1. The number of carbonyl (C=O) groups is 1. The van der Waals surface area contributed by atoms with Crippen LogP contribution in [0.3, 0.4) is 0 Å². The second-order valence-electron chi connectivity index (χ2n) is 6.48. The first-order valence-electron chi connectivity index (χ1n) is 9.00. The summed E-state index contributed by atoms with van der Waals surface area (Å²) < 4.78 is 5.78. The van der Waals surface area contributed by atoms with Crippen molar-refractivity contribution < 1.29 is 9.53 Å². The van der Waals surface area contributed by atoms with E-state index >= 15 is 0 Å². The van der Waals surface area contributed by atoms with Crippen LogP contribution < -0.4 is 10.1 Å². The Balaban J connectivity index is 1.64. The first kappa shape index (κ1) is 20.2. The maximum atomic E-state index is 12.3. The van der Waals surface area contributed by atoms with Crippen LogP contribution in [0.25, 0.3) is 6.08 Å². The molecule has 0 aliphatic rings. The van der Waals surface area contributed by atoms with Gasteiger partial charge in [-0.25, -0.2) is 0 Å². The molecule has 0 fully saturated rings. The second kappa shape index (κ2) is 9.59. The average molecular weight is 403 g/mol. The Morgan fingerprint density at radius 2 is 1.83 bits per heavy atom. The molecule has 0 aliphatic carbocycles. The normalized spacial score (nSPS) is 10.9. The maximum Gasteiger partial charge on any atom is 0.266 e. The van der Waals surface area contributed by atoms with Gasteiger partial charge in [0, 0.05) is 10.7 Å². The zero-order chi connectivity index (χ0) is 20.6. The van der Waals surface area contributed by atoms with Crippen LogP contribution in [-0.2, 0) is 11.4 Å². The molecule has 0 bridgehead atoms. The fraction of sp³-hybridized carbons (Fsp3) is 0.0833. The van der Waals surface area contributed by atoms with Gasteiger partial charge in [0.2, 0.25) is 0 Å². The third-order valence-corrected chi connectivity index (χ3v) is 4.40. The maximum absolute atomic E-state index is 12.3. The molecule has 0 aliphatic heterocycles. The van der Waals surface area contributed by atoms with E-state index < -0.39 is 5.91 Å². The number of nitrogens with one attached hydrogen (secondary N) is 1. The quantitative estimate of drug-likeness (QED) is 0.420. The summed E-state index contributed by atoms with van der Waals surface area (Å²) in [6.07, 6.45) is 1.53. The van der Waals surface area contributed by atoms with Crippen molar-refractivity contribution in [3.8, 4) is 11.8 Å². The molecular formula is C24H19ClN2O2. The molecule has 5 heteroatoms. The molecule has 3 aromatic carbocycles. The van der Waals surface area contributed by atoms with E-state index in [1.165, 1.54) is 11.6 Å². The SMILES string of the molecule is Cc1ccc(COc2ccc(/C=C(\C#N)C(=O)Nc3cccc(Cl)c3)cc2)cc1. The van der Waals surface area contributed by atoms with E-state index in [-0.39, 0.29) is 5.57 Å². The van der Waals surface area contributed by atoms with Gasteiger partial charge in [-0.3, -0.25) is 4.79 Å². The lowest BCUT2D eigenvalue weighted by Gasteiger charge is -2.07. The fourth-order valence-corrected chi connectivity index (χ4v) is 2.78. The van der Waals surface area contributed by atoms with Crippen LogP contribution in [0.1, 0.15) is 16.7 Å². The highest BCUT2D eigenvalue weighted by molar-refractivity contribution is 6.31. The van der Waals surface area contributed by atoms with Gasteiger partial charge in [-0.1, -0.05) is 59.6 Å². The van der Waals surface area contributed by atoms with Gasteiger partial charge in [0.1, 0.15) is 24.0 Å². The molecule has 144 valence electrons. The van der Waals surface area contributed by atoms with E-state index in [1.807, 2.05) is 49.4 Å². The summed E-state index contributed by atoms with van der Waals surface area (Å²) in [7, 11) is 0. The molecule has 3 rings (SSSR count). The molecule has 0 atom stereocenters. The highest BCUT2D eigenvalue weighted by Gasteiger charge is 2.10. The van der Waals surface area contributed by atoms with Crippen molar-refractivity contribution >= 4 is 29.3 Å². The molecule has 29 heavy (non-hydrogen) atoms. The Kier molecular flexibility index (Phi) is 6.67. The molecule has 0 heterocycles. The number of ether oxygens (including phenoxy) is 1. The summed E-state index contributed by atoms with van der Waals surface area (Å²) in [5.41, 5.74) is 3.55. The van der Waals surface area contributed by atoms with Gasteiger partial charge in [0.15, 0.2) is 0 Å². The van der Waals surface area contributed by atoms with Gasteiger partial charge in [-0.2, -0.15) is 5.26 Å². The van der Waals surface area contributed by atoms with Crippen LogP contribution in [0.2, 0.25) is 5.02 Å². The molecule has 0 spiro atoms. The van der Waals surface area contributed by atoms with Gasteiger partial charge in [-0.05, 0) is 54.5 Å². The topological polar surface area (TPSA) is 62.1 Å². The second-order valence-corrected chi connectivity index (χ2v) is 6.91. The molecular weight excluding hydrogens is 384 g/mol. The summed E-state index contributed by atoms with van der Waals surface area (Å²) in [6.45, 7) is 2.52. The van der Waals surface area contributed by atoms with Crippen molar-refractivity contribution in [3.05, 3.63) is 100 Å². The van der Waals surface area contributed by atoms with Gasteiger partial charge >= 0.3 is 0 Å². The third-order valence-electron chi connectivity index (χ3n) is 4.16. The van der Waals surface area contributed by atoms with Crippen LogP contribution in [-0.4, -0.2) is 5.91 Å². The van der Waals surface area contributed by atoms with E-state index in [0.29, 0.717) is 23.1 Å². The molecule has 4 nitrogen and oxygen atoms in total. The van der Waals surface area contributed by atoms with Crippen LogP contribution >= 0.6 is 11.6 Å². The van der Waals surface area contributed by atoms with Crippen molar-refractivity contribution in [1.82, 2.24) is 0 Å². The number of halogens is 1. The number of anilines is 1. The number of hydrogen-bond acceptors (Lipinski definition) is 3. The molecule has 3 aromatic rings. The standard InChI is InChI=1S/C24H19ClN2O2/c1-17-5-7-19(8-6-17)16-29-23-11-9-18(10-12-23)13-20(15-26)24(28)27-22-4-2-3-21(25)14-22/h2-14H,16H2,1H3,(H,27,28)/b20-13+. The molecule has 0 unspecified atom stereocenters. The highest BCUT2D eigenvalue weighted by atomic mass is 35.5. The Morgan fingerprint density at radius 1 is 1.10 bits per heavy atom. The summed E-state index contributed by atoms with van der Waals surface area (Å²) in [6, 6.07) is 24.1. The monoisotopic (exact) mass is 402 g/mol. The first-order valence-corrected chi connectivity index (χ1v) is 9.38. The van der Waals surface area contributed by atoms with Gasteiger partial charge in [-0.15, -0.1) is 0 Å². The lowest BCUT2D eigenvalue weighted by atomic mass is 10.1. The largest absolute Gasteiger partial charge is 0.489 e. The molecule has 1 amide bonds. The fourth-order valence-electron chi connectivity index (χ4n) is 2.59. The van der Waals surface area contributed by atoms with Gasteiger partial charge in [0.05, 0.1) is 0 Å². The van der Waals surface area contributed by atoms with E-state index in [4.69, 9.17) is 16.3 Å². The lowest BCUT2D eigenvalue weighted by molar-refractivity contribution is -0.112. The minimum absolute atomic E-state index is 0.00157. The van der Waals surface area contributed by atoms with Crippen LogP contribution in [0.15, 0.2) is 78.4 Å². The number of amides is 1. The molecule has 0 radical (unpaired) electrons. The Bertz CT molecular complexity index is 1070. The lowest BCUT2D eigenvalue weighted by Crippen LogP contribution is -2.13. The molecule has 0 saturated heterocycles. The smallest absolute Gasteiger partial charge is 0.266 e. The van der Waals surface area contributed by atoms with E-state index in [0.717, 1.165) is 11.1 Å². The summed E-state index contributed by atoms with van der Waals surface area (Å²) >= 11 is 5.92. The van der Waals surface area contributed by atoms with Crippen LogP contribution in [0, 0.1) is 18.3 Å². The minimum Gasteiger partial charge on any atom is -0.489 e. The first-order chi connectivity index (χ1) is 14.0. The van der Waals surface area contributed by atoms with Crippen molar-refractivity contribution in [2.45, 2.75) is 13.5 Å². The van der Waals surface area contributed by atoms with E-state index in [1.54, 1.807) is 36.4 Å². The van der Waals surface area contributed by atoms with Crippen LogP contribution in [0.4, 0.5) is 5.69 Å². The van der Waals surface area contributed by atoms with Crippen molar-refractivity contribution in [2.75, 3.05) is 5.32 Å². The van der Waals surface area contributed by atoms with Gasteiger partial charge in [0.25, 0.3) is 5.91 Å². The minimum atomic E-state index is -0.491. The van der Waals surface area contributed by atoms with Crippen LogP contribution in [0.5, 0.6) is 5.75 Å². The predicted octanol–water partition coefficient (Wildman–Crippen LogP) is 5.77. The third kappa shape index (κ3) is 5.97. The predicted molar refractivity (Wildman–Crippen MR) is 116 cm³/mol. The van der Waals surface area contributed by atoms with Crippen molar-refractivity contribution in [3.63, 3.8) is 0 Å². The molecule has 1 N–H and O–H groups in total. The summed E-state index contributed by atoms with van der Waals surface area (Å²) in [5.74, 6) is 0.221. The van der Waals surface area contributed by atoms with E-state index in [9.17, 15) is 10.1 Å². The Labute approximate surface area is 175 Å². The molecule has 0 aromatic heterocycles. The number of carbonyl (C=O) groups excluding carboxylic acids is 1. The Morgan fingerprint density at radius 3 is 2.48 bits per heavy atom. The number of benzene rings is 3. The number of nitrogens with zero attached hydrogens (tertiary/aromatic N) is 1. The average Bonchev–Trinajstić information content (AvgIpc) is 2.72. The molecule has 0 saturated carbocycles. The zero-order valence-corrected chi connectivity index (χ0v) is 16.6. The summed E-state index contributed by atoms with van der Waals surface area (Å²) in [5, 5.41) is 12.5. The Hall–Kier alpha value is -3.55. The van der Waals surface area contributed by atoms with Gasteiger partial charge < -0.3 is 10.1 Å². The highest BCUT2D eigenvalue weighted by Crippen LogP contribution is 2.18. The van der Waals surface area contributed by atoms with E-state index in [2.05, 4.69) is 5.32 Å². The number of nitriles is 1. The van der Waals surface area contributed by atoms with Crippen molar-refractivity contribution in [1.29, 1.82) is 5.26 Å². The summed E-state index contributed by atoms with van der Waals surface area (Å²) in [4.78, 5) is 12.3. The zero-order valence-electron chi connectivity index (χ0n) is 15.9. The number of hydrogen-bond donors (Lipinski definition) is 1. The number of rotatable bonds is 6.